The van der Waals surface area contributed by atoms with E-state index in [9.17, 15) is 4.79 Å². The molecule has 0 unspecified atom stereocenters. The third kappa shape index (κ3) is 3.16. The largest absolute Gasteiger partial charge is 0.493 e. The first-order valence-electron chi connectivity index (χ1n) is 6.12. The molecule has 100 valence electrons. The minimum absolute atomic E-state index is 0.0186. The lowest BCUT2D eigenvalue weighted by molar-refractivity contribution is -0.132. The molecule has 1 aliphatic carbocycles. The molecule has 19 heavy (non-hydrogen) atoms. The lowest BCUT2D eigenvalue weighted by Crippen LogP contribution is -2.33. The third-order valence-electron chi connectivity index (χ3n) is 3.13. The summed E-state index contributed by atoms with van der Waals surface area (Å²) in [5, 5.41) is 8.80. The van der Waals surface area contributed by atoms with Crippen molar-refractivity contribution < 1.29 is 14.3 Å². The van der Waals surface area contributed by atoms with Crippen LogP contribution in [0.15, 0.2) is 18.2 Å². The van der Waals surface area contributed by atoms with Crippen molar-refractivity contribution in [2.75, 3.05) is 20.8 Å². The van der Waals surface area contributed by atoms with Crippen LogP contribution in [0.25, 0.3) is 0 Å². The van der Waals surface area contributed by atoms with Crippen molar-refractivity contribution in [2.45, 2.75) is 18.9 Å². The van der Waals surface area contributed by atoms with E-state index in [0.29, 0.717) is 23.1 Å². The maximum Gasteiger partial charge on any atom is 0.260 e. The smallest absolute Gasteiger partial charge is 0.260 e. The molecule has 0 heterocycles. The molecule has 1 fully saturated rings. The van der Waals surface area contributed by atoms with Gasteiger partial charge >= 0.3 is 0 Å². The molecule has 2 rings (SSSR count). The summed E-state index contributed by atoms with van der Waals surface area (Å²) >= 11 is 0. The Balaban J connectivity index is 1.98. The summed E-state index contributed by atoms with van der Waals surface area (Å²) in [4.78, 5) is 13.5. The Bertz CT molecular complexity index is 518. The Morgan fingerprint density at radius 3 is 2.79 bits per heavy atom. The fourth-order valence-electron chi connectivity index (χ4n) is 1.76. The molecule has 1 aromatic carbocycles. The third-order valence-corrected chi connectivity index (χ3v) is 3.13. The zero-order chi connectivity index (χ0) is 13.8. The molecule has 5 heteroatoms. The van der Waals surface area contributed by atoms with Gasteiger partial charge in [0.15, 0.2) is 18.1 Å². The topological polar surface area (TPSA) is 62.6 Å². The molecule has 0 saturated heterocycles. The standard InChI is InChI=1S/C14H16N2O3/c1-16(11-4-5-11)14(17)9-19-12-6-3-10(8-15)7-13(12)18-2/h3,6-7,11H,4-5,9H2,1-2H3. The van der Waals surface area contributed by atoms with E-state index in [2.05, 4.69) is 0 Å². The van der Waals surface area contributed by atoms with E-state index in [0.717, 1.165) is 12.8 Å². The Morgan fingerprint density at radius 1 is 1.47 bits per heavy atom. The molecular formula is C14H16N2O3. The van der Waals surface area contributed by atoms with Crippen molar-refractivity contribution in [3.05, 3.63) is 23.8 Å². The second-order valence-corrected chi connectivity index (χ2v) is 4.50. The van der Waals surface area contributed by atoms with E-state index in [4.69, 9.17) is 14.7 Å². The zero-order valence-electron chi connectivity index (χ0n) is 11.0. The molecule has 0 radical (unpaired) electrons. The van der Waals surface area contributed by atoms with Crippen LogP contribution in [0.3, 0.4) is 0 Å². The molecule has 1 aliphatic rings. The number of carbonyl (C=O) groups excluding carboxylic acids is 1. The van der Waals surface area contributed by atoms with Gasteiger partial charge in [0, 0.05) is 19.2 Å². The van der Waals surface area contributed by atoms with Crippen LogP contribution in [0.2, 0.25) is 0 Å². The van der Waals surface area contributed by atoms with Gasteiger partial charge in [0.25, 0.3) is 5.91 Å². The number of nitriles is 1. The number of nitrogens with zero attached hydrogens (tertiary/aromatic N) is 2. The van der Waals surface area contributed by atoms with Gasteiger partial charge in [-0.2, -0.15) is 5.26 Å². The van der Waals surface area contributed by atoms with Crippen molar-refractivity contribution in [1.82, 2.24) is 4.90 Å². The minimum Gasteiger partial charge on any atom is -0.493 e. The zero-order valence-corrected chi connectivity index (χ0v) is 11.0. The first-order valence-corrected chi connectivity index (χ1v) is 6.12. The average molecular weight is 260 g/mol. The minimum atomic E-state index is -0.0473. The fourth-order valence-corrected chi connectivity index (χ4v) is 1.76. The monoisotopic (exact) mass is 260 g/mol. The van der Waals surface area contributed by atoms with Crippen molar-refractivity contribution >= 4 is 5.91 Å². The number of likely N-dealkylation sites (N-methyl/N-ethyl adjacent to an activating group) is 1. The number of amides is 1. The molecule has 1 amide bonds. The summed E-state index contributed by atoms with van der Waals surface area (Å²) in [5.41, 5.74) is 0.491. The second kappa shape index (κ2) is 5.61. The number of ether oxygens (including phenoxy) is 2. The average Bonchev–Trinajstić information content (AvgIpc) is 3.28. The van der Waals surface area contributed by atoms with E-state index in [1.165, 1.54) is 7.11 Å². The molecule has 0 aliphatic heterocycles. The van der Waals surface area contributed by atoms with Gasteiger partial charge in [0.1, 0.15) is 0 Å². The highest BCUT2D eigenvalue weighted by Crippen LogP contribution is 2.28. The van der Waals surface area contributed by atoms with Gasteiger partial charge < -0.3 is 14.4 Å². The maximum atomic E-state index is 11.8. The number of rotatable bonds is 5. The SMILES string of the molecule is COc1cc(C#N)ccc1OCC(=O)N(C)C1CC1. The Labute approximate surface area is 112 Å². The van der Waals surface area contributed by atoms with Crippen LogP contribution in [0.5, 0.6) is 11.5 Å². The van der Waals surface area contributed by atoms with Crippen molar-refractivity contribution in [3.63, 3.8) is 0 Å². The highest BCUT2D eigenvalue weighted by atomic mass is 16.5. The van der Waals surface area contributed by atoms with Gasteiger partial charge in [-0.3, -0.25) is 4.79 Å². The first kappa shape index (κ1) is 13.2. The van der Waals surface area contributed by atoms with Gasteiger partial charge in [-0.1, -0.05) is 0 Å². The number of hydrogen-bond acceptors (Lipinski definition) is 4. The van der Waals surface area contributed by atoms with E-state index in [1.807, 2.05) is 6.07 Å². The predicted molar refractivity (Wildman–Crippen MR) is 69.0 cm³/mol. The first-order chi connectivity index (χ1) is 9.15. The summed E-state index contributed by atoms with van der Waals surface area (Å²) < 4.78 is 10.6. The van der Waals surface area contributed by atoms with Gasteiger partial charge in [0.2, 0.25) is 0 Å². The Kier molecular flexibility index (Phi) is 3.91. The summed E-state index contributed by atoms with van der Waals surface area (Å²) in [6, 6.07) is 7.26. The van der Waals surface area contributed by atoms with Crippen molar-refractivity contribution in [1.29, 1.82) is 5.26 Å². The lowest BCUT2D eigenvalue weighted by atomic mass is 10.2. The molecule has 0 N–H and O–H groups in total. The highest BCUT2D eigenvalue weighted by Gasteiger charge is 2.29. The summed E-state index contributed by atoms with van der Waals surface area (Å²) in [6.45, 7) is -0.0186. The van der Waals surface area contributed by atoms with Crippen LogP contribution in [0, 0.1) is 11.3 Å². The van der Waals surface area contributed by atoms with E-state index in [1.54, 1.807) is 30.1 Å². The summed E-state index contributed by atoms with van der Waals surface area (Å²) in [7, 11) is 3.29. The van der Waals surface area contributed by atoms with Gasteiger partial charge in [-0.05, 0) is 25.0 Å². The van der Waals surface area contributed by atoms with Crippen LogP contribution in [-0.2, 0) is 4.79 Å². The Morgan fingerprint density at radius 2 is 2.21 bits per heavy atom. The van der Waals surface area contributed by atoms with Crippen LogP contribution >= 0.6 is 0 Å². The van der Waals surface area contributed by atoms with Crippen LogP contribution in [0.1, 0.15) is 18.4 Å². The van der Waals surface area contributed by atoms with Crippen LogP contribution in [0.4, 0.5) is 0 Å². The normalized spacial score (nSPS) is 13.5. The predicted octanol–water partition coefficient (Wildman–Crippen LogP) is 1.57. The Hall–Kier alpha value is -2.22. The molecule has 1 aromatic rings. The van der Waals surface area contributed by atoms with Gasteiger partial charge in [-0.25, -0.2) is 0 Å². The number of hydrogen-bond donors (Lipinski definition) is 0. The highest BCUT2D eigenvalue weighted by molar-refractivity contribution is 5.78. The van der Waals surface area contributed by atoms with E-state index in [-0.39, 0.29) is 12.5 Å². The van der Waals surface area contributed by atoms with Crippen LogP contribution < -0.4 is 9.47 Å². The molecule has 0 spiro atoms. The number of benzene rings is 1. The van der Waals surface area contributed by atoms with E-state index < -0.39 is 0 Å². The van der Waals surface area contributed by atoms with Crippen molar-refractivity contribution in [3.8, 4) is 17.6 Å². The number of methoxy groups -OCH3 is 1. The number of carbonyl (C=O) groups is 1. The molecule has 0 atom stereocenters. The molecule has 5 nitrogen and oxygen atoms in total. The van der Waals surface area contributed by atoms with Gasteiger partial charge in [-0.15, -0.1) is 0 Å². The molecule has 0 aromatic heterocycles. The fraction of sp³-hybridized carbons (Fsp3) is 0.429. The van der Waals surface area contributed by atoms with Crippen LogP contribution in [-0.4, -0.2) is 37.6 Å². The molecule has 1 saturated carbocycles. The molecular weight excluding hydrogens is 244 g/mol. The quantitative estimate of drug-likeness (QED) is 0.806. The maximum absolute atomic E-state index is 11.8. The summed E-state index contributed by atoms with van der Waals surface area (Å²) in [5.74, 6) is 0.883. The van der Waals surface area contributed by atoms with Gasteiger partial charge in [0.05, 0.1) is 18.7 Å². The second-order valence-electron chi connectivity index (χ2n) is 4.50. The summed E-state index contributed by atoms with van der Waals surface area (Å²) in [6.07, 6.45) is 2.14. The molecule has 0 bridgehead atoms. The van der Waals surface area contributed by atoms with Crippen molar-refractivity contribution in [2.24, 2.45) is 0 Å². The van der Waals surface area contributed by atoms with E-state index >= 15 is 0 Å². The lowest BCUT2D eigenvalue weighted by Gasteiger charge is -2.17.